The van der Waals surface area contributed by atoms with Crippen molar-refractivity contribution in [2.75, 3.05) is 5.32 Å². The van der Waals surface area contributed by atoms with Gasteiger partial charge >= 0.3 is 6.18 Å². The monoisotopic (exact) mass is 426 g/mol. The van der Waals surface area contributed by atoms with Gasteiger partial charge in [0.15, 0.2) is 11.4 Å². The Bertz CT molecular complexity index is 1070. The van der Waals surface area contributed by atoms with Gasteiger partial charge in [-0.25, -0.2) is 4.98 Å². The third kappa shape index (κ3) is 3.86. The molecule has 0 saturated carbocycles. The van der Waals surface area contributed by atoms with E-state index in [4.69, 9.17) is 33.7 Å². The van der Waals surface area contributed by atoms with Gasteiger partial charge in [-0.05, 0) is 12.1 Å². The molecule has 0 atom stereocenters. The van der Waals surface area contributed by atoms with Gasteiger partial charge in [0.05, 0.1) is 28.4 Å². The molecule has 0 fully saturated rings. The summed E-state index contributed by atoms with van der Waals surface area (Å²) in [5.41, 5.74) is -0.659. The number of hydrogen-bond donors (Lipinski definition) is 2. The summed E-state index contributed by atoms with van der Waals surface area (Å²) in [6.07, 6.45) is -3.25. The first-order valence-electron chi connectivity index (χ1n) is 7.35. The van der Waals surface area contributed by atoms with Crippen molar-refractivity contribution in [1.82, 2.24) is 25.0 Å². The number of H-pyrrole nitrogens is 1. The fraction of sp³-hybridized carbons (Fsp3) is 0.133. The van der Waals surface area contributed by atoms with Gasteiger partial charge in [0.2, 0.25) is 5.95 Å². The molecule has 28 heavy (non-hydrogen) atoms. The van der Waals surface area contributed by atoms with Crippen LogP contribution in [-0.2, 0) is 12.7 Å². The van der Waals surface area contributed by atoms with Crippen LogP contribution in [0.15, 0.2) is 18.3 Å². The van der Waals surface area contributed by atoms with Crippen LogP contribution in [0.4, 0.5) is 19.1 Å². The Balaban J connectivity index is 1.81. The van der Waals surface area contributed by atoms with Crippen LogP contribution in [0.3, 0.4) is 0 Å². The Morgan fingerprint density at radius 3 is 2.39 bits per heavy atom. The van der Waals surface area contributed by atoms with Crippen LogP contribution in [0.1, 0.15) is 22.6 Å². The highest BCUT2D eigenvalue weighted by atomic mass is 35.5. The van der Waals surface area contributed by atoms with Crippen molar-refractivity contribution in [2.24, 2.45) is 0 Å². The van der Waals surface area contributed by atoms with Crippen molar-refractivity contribution >= 4 is 29.2 Å². The number of alkyl halides is 3. The van der Waals surface area contributed by atoms with Gasteiger partial charge in [-0.3, -0.25) is 0 Å². The molecule has 3 aromatic rings. The van der Waals surface area contributed by atoms with Gasteiger partial charge in [-0.15, -0.1) is 4.80 Å². The Morgan fingerprint density at radius 2 is 1.86 bits per heavy atom. The lowest BCUT2D eigenvalue weighted by molar-refractivity contribution is -0.137. The van der Waals surface area contributed by atoms with E-state index in [1.807, 2.05) is 0 Å². The zero-order valence-electron chi connectivity index (χ0n) is 13.5. The number of anilines is 1. The summed E-state index contributed by atoms with van der Waals surface area (Å²) in [5, 5.41) is 28.1. The van der Waals surface area contributed by atoms with E-state index < -0.39 is 11.7 Å². The number of halogens is 5. The number of nitrogens with zero attached hydrogens (tertiary/aromatic N) is 6. The van der Waals surface area contributed by atoms with Gasteiger partial charge in [0, 0.05) is 0 Å². The van der Waals surface area contributed by atoms with Crippen LogP contribution >= 0.6 is 23.2 Å². The second-order valence-electron chi connectivity index (χ2n) is 5.30. The van der Waals surface area contributed by atoms with Crippen LogP contribution in [0.2, 0.25) is 10.0 Å². The molecule has 13 heteroatoms. The van der Waals surface area contributed by atoms with Crippen LogP contribution in [-0.4, -0.2) is 25.0 Å². The van der Waals surface area contributed by atoms with E-state index in [1.54, 1.807) is 12.1 Å². The van der Waals surface area contributed by atoms with Gasteiger partial charge in [-0.1, -0.05) is 23.2 Å². The number of rotatable bonds is 4. The van der Waals surface area contributed by atoms with Crippen molar-refractivity contribution in [3.05, 3.63) is 51.0 Å². The summed E-state index contributed by atoms with van der Waals surface area (Å²) in [7, 11) is 0. The molecule has 0 saturated heterocycles. The fourth-order valence-electron chi connectivity index (χ4n) is 2.20. The molecule has 142 valence electrons. The average Bonchev–Trinajstić information content (AvgIpc) is 3.24. The number of aromatic amines is 1. The smallest absolute Gasteiger partial charge is 0.350 e. The topological polar surface area (TPSA) is 119 Å². The summed E-state index contributed by atoms with van der Waals surface area (Å²) < 4.78 is 38.4. The summed E-state index contributed by atoms with van der Waals surface area (Å²) in [6, 6.07) is 5.04. The molecule has 2 N–H and O–H groups in total. The molecule has 1 aromatic carbocycles. The molecule has 2 heterocycles. The van der Waals surface area contributed by atoms with Crippen molar-refractivity contribution in [1.29, 1.82) is 10.5 Å². The molecule has 2 aromatic heterocycles. The second-order valence-corrected chi connectivity index (χ2v) is 6.11. The minimum absolute atomic E-state index is 0.000819. The molecule has 0 aliphatic heterocycles. The largest absolute Gasteiger partial charge is 0.416 e. The zero-order valence-corrected chi connectivity index (χ0v) is 15.0. The predicted molar refractivity (Wildman–Crippen MR) is 91.7 cm³/mol. The SMILES string of the molecule is N#Cc1nc(NCc2cnn(-c3c(Cl)cc(C(F)(F)F)cc3Cl)n2)[nH]c1C#N. The van der Waals surface area contributed by atoms with E-state index >= 15 is 0 Å². The number of hydrogen-bond acceptors (Lipinski definition) is 6. The standard InChI is InChI=1S/C15H7Cl2F3N8/c16-9-1-7(15(18,19)20)2-10(17)13(9)28-24-6-8(27-28)5-23-14-25-11(3-21)12(4-22)26-14/h1-2,6H,5H2,(H2,23,25,26). The highest BCUT2D eigenvalue weighted by Gasteiger charge is 2.32. The number of aromatic nitrogens is 5. The lowest BCUT2D eigenvalue weighted by Gasteiger charge is -2.11. The van der Waals surface area contributed by atoms with E-state index in [9.17, 15) is 13.2 Å². The van der Waals surface area contributed by atoms with E-state index in [0.29, 0.717) is 5.69 Å². The number of nitriles is 2. The Hall–Kier alpha value is -3.28. The molecule has 0 aliphatic rings. The van der Waals surface area contributed by atoms with Gasteiger partial charge in [0.25, 0.3) is 0 Å². The molecule has 0 radical (unpaired) electrons. The molecular weight excluding hydrogens is 420 g/mol. The maximum Gasteiger partial charge on any atom is 0.416 e. The quantitative estimate of drug-likeness (QED) is 0.656. The Morgan fingerprint density at radius 1 is 1.18 bits per heavy atom. The predicted octanol–water partition coefficient (Wildman–Crippen LogP) is 3.67. The van der Waals surface area contributed by atoms with Gasteiger partial charge in [0.1, 0.15) is 23.5 Å². The molecule has 3 rings (SSSR count). The Kier molecular flexibility index (Phi) is 5.14. The summed E-state index contributed by atoms with van der Waals surface area (Å²) >= 11 is 11.9. The second kappa shape index (κ2) is 7.38. The number of imidazole rings is 1. The lowest BCUT2D eigenvalue weighted by Crippen LogP contribution is -2.08. The lowest BCUT2D eigenvalue weighted by atomic mass is 10.2. The summed E-state index contributed by atoms with van der Waals surface area (Å²) in [5.74, 6) is 0.174. The Labute approximate surface area is 165 Å². The normalized spacial score (nSPS) is 11.1. The zero-order chi connectivity index (χ0) is 20.5. The maximum atomic E-state index is 12.8. The van der Waals surface area contributed by atoms with E-state index in [0.717, 1.165) is 16.9 Å². The van der Waals surface area contributed by atoms with Gasteiger partial charge < -0.3 is 10.3 Å². The van der Waals surface area contributed by atoms with Gasteiger partial charge in [-0.2, -0.15) is 33.9 Å². The van der Waals surface area contributed by atoms with E-state index in [2.05, 4.69) is 25.5 Å². The molecule has 0 unspecified atom stereocenters. The minimum atomic E-state index is -4.59. The number of benzene rings is 1. The molecule has 8 nitrogen and oxygen atoms in total. The van der Waals surface area contributed by atoms with E-state index in [1.165, 1.54) is 6.20 Å². The van der Waals surface area contributed by atoms with Crippen LogP contribution in [0, 0.1) is 22.7 Å². The summed E-state index contributed by atoms with van der Waals surface area (Å²) in [6.45, 7) is 0.0964. The van der Waals surface area contributed by atoms with Crippen molar-refractivity contribution in [2.45, 2.75) is 12.7 Å². The average molecular weight is 427 g/mol. The molecule has 0 bridgehead atoms. The third-order valence-corrected chi connectivity index (χ3v) is 4.02. The fourth-order valence-corrected chi connectivity index (χ4v) is 2.83. The molecule has 0 amide bonds. The van der Waals surface area contributed by atoms with Crippen LogP contribution < -0.4 is 5.32 Å². The van der Waals surface area contributed by atoms with Crippen molar-refractivity contribution in [3.63, 3.8) is 0 Å². The first-order chi connectivity index (χ1) is 13.2. The third-order valence-electron chi connectivity index (χ3n) is 3.44. The first-order valence-corrected chi connectivity index (χ1v) is 8.10. The molecular formula is C15H7Cl2F3N8. The molecule has 0 aliphatic carbocycles. The number of nitrogens with one attached hydrogen (secondary N) is 2. The highest BCUT2D eigenvalue weighted by molar-refractivity contribution is 6.37. The highest BCUT2D eigenvalue weighted by Crippen LogP contribution is 2.37. The summed E-state index contributed by atoms with van der Waals surface area (Å²) in [4.78, 5) is 7.51. The first kappa shape index (κ1) is 19.5. The maximum absolute atomic E-state index is 12.8. The van der Waals surface area contributed by atoms with Crippen LogP contribution in [0.25, 0.3) is 5.69 Å². The van der Waals surface area contributed by atoms with Crippen LogP contribution in [0.5, 0.6) is 0 Å². The van der Waals surface area contributed by atoms with E-state index in [-0.39, 0.29) is 39.6 Å². The minimum Gasteiger partial charge on any atom is -0.350 e. The van der Waals surface area contributed by atoms with Crippen molar-refractivity contribution < 1.29 is 13.2 Å². The molecule has 0 spiro atoms. The van der Waals surface area contributed by atoms with Crippen molar-refractivity contribution in [3.8, 4) is 17.8 Å².